The summed E-state index contributed by atoms with van der Waals surface area (Å²) >= 11 is 1.81. The van der Waals surface area contributed by atoms with Crippen LogP contribution in [-0.2, 0) is 6.54 Å². The third-order valence-electron chi connectivity index (χ3n) is 2.62. The van der Waals surface area contributed by atoms with Crippen LogP contribution < -0.4 is 5.73 Å². The Bertz CT molecular complexity index is 318. The molecule has 0 saturated heterocycles. The Morgan fingerprint density at radius 1 is 1.25 bits per heavy atom. The van der Waals surface area contributed by atoms with Crippen LogP contribution in [-0.4, -0.2) is 20.0 Å². The Hall–Kier alpha value is -0.550. The number of nitrogens with zero attached hydrogens (tertiary/aromatic N) is 3. The van der Waals surface area contributed by atoms with E-state index in [0.717, 1.165) is 23.8 Å². The second-order valence-corrected chi connectivity index (χ2v) is 5.39. The summed E-state index contributed by atoms with van der Waals surface area (Å²) in [5.41, 5.74) is 5.66. The highest BCUT2D eigenvalue weighted by Crippen LogP contribution is 2.28. The van der Waals surface area contributed by atoms with Crippen LogP contribution in [0.1, 0.15) is 52.4 Å². The molecule has 0 aliphatic heterocycles. The maximum absolute atomic E-state index is 5.66. The highest BCUT2D eigenvalue weighted by molar-refractivity contribution is 7.99. The fourth-order valence-electron chi connectivity index (χ4n) is 1.65. The van der Waals surface area contributed by atoms with Gasteiger partial charge in [-0.05, 0) is 26.7 Å². The van der Waals surface area contributed by atoms with E-state index in [1.807, 2.05) is 11.8 Å². The second-order valence-electron chi connectivity index (χ2n) is 4.12. The van der Waals surface area contributed by atoms with Gasteiger partial charge in [-0.3, -0.25) is 0 Å². The molecule has 0 aliphatic rings. The van der Waals surface area contributed by atoms with Crippen molar-refractivity contribution in [3.8, 4) is 0 Å². The lowest BCUT2D eigenvalue weighted by atomic mass is 10.3. The molecule has 5 heteroatoms. The lowest BCUT2D eigenvalue weighted by Crippen LogP contribution is -2.12. The molecular formula is C11H22N4S. The molecule has 4 nitrogen and oxygen atoms in total. The molecule has 0 saturated carbocycles. The maximum atomic E-state index is 5.66. The molecule has 0 fully saturated rings. The minimum atomic E-state index is 0.366. The van der Waals surface area contributed by atoms with Crippen molar-refractivity contribution < 1.29 is 0 Å². The zero-order valence-corrected chi connectivity index (χ0v) is 11.4. The molecular weight excluding hydrogens is 220 g/mol. The van der Waals surface area contributed by atoms with Crippen molar-refractivity contribution in [2.75, 3.05) is 0 Å². The third-order valence-corrected chi connectivity index (χ3v) is 4.11. The zero-order chi connectivity index (χ0) is 12.1. The third kappa shape index (κ3) is 2.98. The van der Waals surface area contributed by atoms with E-state index in [4.69, 9.17) is 5.73 Å². The van der Waals surface area contributed by atoms with Gasteiger partial charge in [0.25, 0.3) is 0 Å². The molecule has 0 atom stereocenters. The average Bonchev–Trinajstić information content (AvgIpc) is 2.68. The summed E-state index contributed by atoms with van der Waals surface area (Å²) in [6.45, 7) is 9.15. The number of aromatic nitrogens is 3. The van der Waals surface area contributed by atoms with E-state index in [1.54, 1.807) is 0 Å². The van der Waals surface area contributed by atoms with Crippen molar-refractivity contribution in [2.24, 2.45) is 5.73 Å². The molecule has 1 rings (SSSR count). The number of hydrogen-bond donors (Lipinski definition) is 1. The number of hydrogen-bond acceptors (Lipinski definition) is 4. The first kappa shape index (κ1) is 13.5. The van der Waals surface area contributed by atoms with Gasteiger partial charge in [0, 0.05) is 11.3 Å². The van der Waals surface area contributed by atoms with Crippen LogP contribution in [0.3, 0.4) is 0 Å². The van der Waals surface area contributed by atoms with E-state index in [0.29, 0.717) is 17.8 Å². The molecule has 0 aliphatic carbocycles. The molecule has 1 aromatic heterocycles. The fourth-order valence-corrected chi connectivity index (χ4v) is 2.80. The summed E-state index contributed by atoms with van der Waals surface area (Å²) in [4.78, 5) is 0. The summed E-state index contributed by atoms with van der Waals surface area (Å²) in [7, 11) is 0. The van der Waals surface area contributed by atoms with E-state index in [2.05, 4.69) is 42.5 Å². The van der Waals surface area contributed by atoms with Crippen molar-refractivity contribution in [1.29, 1.82) is 0 Å². The zero-order valence-electron chi connectivity index (χ0n) is 10.6. The summed E-state index contributed by atoms with van der Waals surface area (Å²) in [6, 6.07) is 0.366. The van der Waals surface area contributed by atoms with Crippen LogP contribution in [0.5, 0.6) is 0 Å². The van der Waals surface area contributed by atoms with Crippen molar-refractivity contribution in [1.82, 2.24) is 14.8 Å². The summed E-state index contributed by atoms with van der Waals surface area (Å²) in [5, 5.41) is 10.0. The first-order valence-electron chi connectivity index (χ1n) is 5.94. The van der Waals surface area contributed by atoms with Crippen molar-refractivity contribution in [3.63, 3.8) is 0 Å². The highest BCUT2D eigenvalue weighted by atomic mass is 32.2. The van der Waals surface area contributed by atoms with Gasteiger partial charge in [-0.15, -0.1) is 10.2 Å². The van der Waals surface area contributed by atoms with Gasteiger partial charge in [-0.1, -0.05) is 25.6 Å². The predicted molar refractivity (Wildman–Crippen MR) is 68.5 cm³/mol. The topological polar surface area (TPSA) is 56.7 Å². The second kappa shape index (κ2) is 6.25. The molecule has 0 spiro atoms. The molecule has 1 aromatic rings. The predicted octanol–water partition coefficient (Wildman–Crippen LogP) is 2.60. The Balaban J connectivity index is 2.91. The largest absolute Gasteiger partial charge is 0.324 e. The van der Waals surface area contributed by atoms with Crippen molar-refractivity contribution in [3.05, 3.63) is 5.82 Å². The summed E-state index contributed by atoms with van der Waals surface area (Å²) in [6.07, 6.45) is 2.31. The van der Waals surface area contributed by atoms with Gasteiger partial charge in [-0.2, -0.15) is 0 Å². The van der Waals surface area contributed by atoms with Crippen LogP contribution >= 0.6 is 11.8 Å². The smallest absolute Gasteiger partial charge is 0.191 e. The number of thioether (sulfide) groups is 1. The van der Waals surface area contributed by atoms with Crippen molar-refractivity contribution >= 4 is 11.8 Å². The van der Waals surface area contributed by atoms with E-state index >= 15 is 0 Å². The van der Waals surface area contributed by atoms with Gasteiger partial charge < -0.3 is 10.3 Å². The van der Waals surface area contributed by atoms with Gasteiger partial charge >= 0.3 is 0 Å². The first-order valence-corrected chi connectivity index (χ1v) is 6.82. The average molecular weight is 242 g/mol. The van der Waals surface area contributed by atoms with Gasteiger partial charge in [0.05, 0.1) is 6.54 Å². The van der Waals surface area contributed by atoms with Crippen LogP contribution in [0.4, 0.5) is 0 Å². The monoisotopic (exact) mass is 242 g/mol. The van der Waals surface area contributed by atoms with Crippen LogP contribution in [0.25, 0.3) is 0 Å². The standard InChI is InChI=1S/C11H22N4S/c1-5-9(6-2)16-11-14-13-10(7-12)15(11)8(3)4/h8-9H,5-7,12H2,1-4H3. The molecule has 1 heterocycles. The SMILES string of the molecule is CCC(CC)Sc1nnc(CN)n1C(C)C. The summed E-state index contributed by atoms with van der Waals surface area (Å²) < 4.78 is 2.14. The molecule has 0 unspecified atom stereocenters. The van der Waals surface area contributed by atoms with Crippen LogP contribution in [0.2, 0.25) is 0 Å². The molecule has 2 N–H and O–H groups in total. The minimum Gasteiger partial charge on any atom is -0.324 e. The molecule has 0 amide bonds. The van der Waals surface area contributed by atoms with Crippen LogP contribution in [0, 0.1) is 0 Å². The molecule has 0 bridgehead atoms. The molecule has 0 radical (unpaired) electrons. The number of nitrogens with two attached hydrogens (primary N) is 1. The normalized spacial score (nSPS) is 11.7. The molecule has 16 heavy (non-hydrogen) atoms. The lowest BCUT2D eigenvalue weighted by molar-refractivity contribution is 0.525. The summed E-state index contributed by atoms with van der Waals surface area (Å²) in [5.74, 6) is 0.878. The Labute approximate surface area is 102 Å². The molecule has 0 aromatic carbocycles. The Kier molecular flexibility index (Phi) is 5.28. The molecule has 92 valence electrons. The van der Waals surface area contributed by atoms with Gasteiger partial charge in [0.15, 0.2) is 5.16 Å². The van der Waals surface area contributed by atoms with E-state index in [-0.39, 0.29) is 0 Å². The van der Waals surface area contributed by atoms with Crippen molar-refractivity contribution in [2.45, 2.75) is 63.5 Å². The number of rotatable bonds is 6. The quantitative estimate of drug-likeness (QED) is 0.779. The van der Waals surface area contributed by atoms with E-state index in [9.17, 15) is 0 Å². The minimum absolute atomic E-state index is 0.366. The maximum Gasteiger partial charge on any atom is 0.191 e. The van der Waals surface area contributed by atoms with Gasteiger partial charge in [0.2, 0.25) is 0 Å². The van der Waals surface area contributed by atoms with Crippen LogP contribution in [0.15, 0.2) is 5.16 Å². The van der Waals surface area contributed by atoms with E-state index in [1.165, 1.54) is 0 Å². The fraction of sp³-hybridized carbons (Fsp3) is 0.818. The lowest BCUT2D eigenvalue weighted by Gasteiger charge is -2.16. The van der Waals surface area contributed by atoms with Gasteiger partial charge in [0.1, 0.15) is 5.82 Å². The first-order chi connectivity index (χ1) is 7.63. The Morgan fingerprint density at radius 3 is 2.31 bits per heavy atom. The van der Waals surface area contributed by atoms with E-state index < -0.39 is 0 Å². The van der Waals surface area contributed by atoms with Gasteiger partial charge in [-0.25, -0.2) is 0 Å². The highest BCUT2D eigenvalue weighted by Gasteiger charge is 2.16. The Morgan fingerprint density at radius 2 is 1.88 bits per heavy atom.